The van der Waals surface area contributed by atoms with Crippen molar-refractivity contribution in [1.82, 2.24) is 0 Å². The number of esters is 1. The maximum absolute atomic E-state index is 12.8. The van der Waals surface area contributed by atoms with Crippen LogP contribution in [0.3, 0.4) is 0 Å². The van der Waals surface area contributed by atoms with E-state index >= 15 is 0 Å². The van der Waals surface area contributed by atoms with Gasteiger partial charge < -0.3 is 9.15 Å². The zero-order valence-electron chi connectivity index (χ0n) is 11.4. The van der Waals surface area contributed by atoms with Gasteiger partial charge in [-0.1, -0.05) is 11.6 Å². The zero-order chi connectivity index (χ0) is 14.8. The summed E-state index contributed by atoms with van der Waals surface area (Å²) in [4.78, 5) is 11.9. The Bertz CT molecular complexity index is 787. The number of rotatable bonds is 3. The van der Waals surface area contributed by atoms with Crippen molar-refractivity contribution in [3.8, 4) is 5.75 Å². The van der Waals surface area contributed by atoms with Gasteiger partial charge in [-0.2, -0.15) is 0 Å². The minimum absolute atomic E-state index is 0.105. The monoisotopic (exact) mass is 284 g/mol. The van der Waals surface area contributed by atoms with E-state index in [1.807, 2.05) is 25.1 Å². The summed E-state index contributed by atoms with van der Waals surface area (Å²) in [6, 6.07) is 11.1. The van der Waals surface area contributed by atoms with Crippen molar-refractivity contribution in [2.45, 2.75) is 13.3 Å². The number of furan rings is 1. The van der Waals surface area contributed by atoms with Gasteiger partial charge in [0.25, 0.3) is 0 Å². The Kier molecular flexibility index (Phi) is 3.44. The Hall–Kier alpha value is -2.62. The lowest BCUT2D eigenvalue weighted by Crippen LogP contribution is -2.10. The fraction of sp³-hybridized carbons (Fsp3) is 0.118. The summed E-state index contributed by atoms with van der Waals surface area (Å²) in [6.45, 7) is 1.98. The molecule has 0 fully saturated rings. The molecule has 21 heavy (non-hydrogen) atoms. The first-order valence-electron chi connectivity index (χ1n) is 6.55. The van der Waals surface area contributed by atoms with Crippen LogP contribution >= 0.6 is 0 Å². The number of aryl methyl sites for hydroxylation is 1. The molecule has 0 amide bonds. The maximum Gasteiger partial charge on any atom is 0.315 e. The molecule has 0 bridgehead atoms. The van der Waals surface area contributed by atoms with Crippen LogP contribution in [0.4, 0.5) is 4.39 Å². The molecule has 3 rings (SSSR count). The standard InChI is InChI=1S/C17H13FO3/c1-11-2-7-16-15(8-11)12(10-20-16)9-17(19)21-14-5-3-13(18)4-6-14/h2-8,10H,9H2,1H3. The molecule has 0 aliphatic heterocycles. The number of carbonyl (C=O) groups is 1. The van der Waals surface area contributed by atoms with Crippen molar-refractivity contribution >= 4 is 16.9 Å². The molecule has 0 spiro atoms. The van der Waals surface area contributed by atoms with Crippen LogP contribution in [0.5, 0.6) is 5.75 Å². The number of fused-ring (bicyclic) bond motifs is 1. The van der Waals surface area contributed by atoms with E-state index in [4.69, 9.17) is 9.15 Å². The topological polar surface area (TPSA) is 39.4 Å². The molecule has 1 aromatic heterocycles. The van der Waals surface area contributed by atoms with Gasteiger partial charge in [-0.3, -0.25) is 4.79 Å². The summed E-state index contributed by atoms with van der Waals surface area (Å²) < 4.78 is 23.4. The van der Waals surface area contributed by atoms with Gasteiger partial charge in [0.15, 0.2) is 0 Å². The molecule has 3 nitrogen and oxygen atoms in total. The Morgan fingerprint density at radius 1 is 1.19 bits per heavy atom. The summed E-state index contributed by atoms with van der Waals surface area (Å²) in [7, 11) is 0. The number of ether oxygens (including phenoxy) is 1. The molecule has 0 N–H and O–H groups in total. The Balaban J connectivity index is 1.77. The fourth-order valence-corrected chi connectivity index (χ4v) is 2.16. The summed E-state index contributed by atoms with van der Waals surface area (Å²) >= 11 is 0. The van der Waals surface area contributed by atoms with Crippen molar-refractivity contribution in [3.63, 3.8) is 0 Å². The third kappa shape index (κ3) is 2.94. The lowest BCUT2D eigenvalue weighted by atomic mass is 10.1. The van der Waals surface area contributed by atoms with Crippen LogP contribution in [0.15, 0.2) is 53.1 Å². The maximum atomic E-state index is 12.8. The van der Waals surface area contributed by atoms with Gasteiger partial charge in [0.2, 0.25) is 0 Å². The Morgan fingerprint density at radius 3 is 2.71 bits per heavy atom. The highest BCUT2D eigenvalue weighted by molar-refractivity contribution is 5.86. The van der Waals surface area contributed by atoms with Crippen LogP contribution in [-0.2, 0) is 11.2 Å². The van der Waals surface area contributed by atoms with Crippen molar-refractivity contribution in [3.05, 3.63) is 65.7 Å². The van der Waals surface area contributed by atoms with E-state index < -0.39 is 5.97 Å². The Morgan fingerprint density at radius 2 is 1.95 bits per heavy atom. The first-order chi connectivity index (χ1) is 10.1. The zero-order valence-corrected chi connectivity index (χ0v) is 11.4. The van der Waals surface area contributed by atoms with Crippen LogP contribution in [0, 0.1) is 12.7 Å². The van der Waals surface area contributed by atoms with Gasteiger partial charge in [0.05, 0.1) is 12.7 Å². The summed E-state index contributed by atoms with van der Waals surface area (Å²) in [6.07, 6.45) is 1.67. The highest BCUT2D eigenvalue weighted by Crippen LogP contribution is 2.23. The molecule has 2 aromatic carbocycles. The van der Waals surface area contributed by atoms with E-state index in [0.717, 1.165) is 22.1 Å². The third-order valence-corrected chi connectivity index (χ3v) is 3.19. The summed E-state index contributed by atoms with van der Waals surface area (Å²) in [5.41, 5.74) is 2.61. The van der Waals surface area contributed by atoms with Gasteiger partial charge in [-0.15, -0.1) is 0 Å². The number of carbonyl (C=O) groups excluding carboxylic acids is 1. The third-order valence-electron chi connectivity index (χ3n) is 3.19. The number of hydrogen-bond donors (Lipinski definition) is 0. The molecule has 0 saturated heterocycles. The average Bonchev–Trinajstić information content (AvgIpc) is 2.84. The highest BCUT2D eigenvalue weighted by atomic mass is 19.1. The van der Waals surface area contributed by atoms with Gasteiger partial charge in [-0.05, 0) is 43.3 Å². The van der Waals surface area contributed by atoms with Crippen molar-refractivity contribution in [2.24, 2.45) is 0 Å². The van der Waals surface area contributed by atoms with Crippen LogP contribution in [-0.4, -0.2) is 5.97 Å². The van der Waals surface area contributed by atoms with Crippen LogP contribution in [0.25, 0.3) is 11.0 Å². The molecule has 3 aromatic rings. The first-order valence-corrected chi connectivity index (χ1v) is 6.55. The van der Waals surface area contributed by atoms with E-state index in [1.165, 1.54) is 24.3 Å². The quantitative estimate of drug-likeness (QED) is 0.538. The van der Waals surface area contributed by atoms with Crippen molar-refractivity contribution in [1.29, 1.82) is 0 Å². The lowest BCUT2D eigenvalue weighted by molar-refractivity contribution is -0.133. The molecule has 106 valence electrons. The van der Waals surface area contributed by atoms with Crippen LogP contribution in [0.1, 0.15) is 11.1 Å². The second-order valence-electron chi connectivity index (χ2n) is 4.87. The van der Waals surface area contributed by atoms with Crippen LogP contribution in [0.2, 0.25) is 0 Å². The molecule has 0 saturated carbocycles. The van der Waals surface area contributed by atoms with Gasteiger partial charge >= 0.3 is 5.97 Å². The molecule has 0 atom stereocenters. The minimum atomic E-state index is -0.411. The van der Waals surface area contributed by atoms with Gasteiger partial charge in [0, 0.05) is 10.9 Å². The van der Waals surface area contributed by atoms with E-state index in [2.05, 4.69) is 0 Å². The molecule has 1 heterocycles. The fourth-order valence-electron chi connectivity index (χ4n) is 2.16. The second kappa shape index (κ2) is 5.40. The highest BCUT2D eigenvalue weighted by Gasteiger charge is 2.12. The second-order valence-corrected chi connectivity index (χ2v) is 4.87. The number of halogens is 1. The normalized spacial score (nSPS) is 10.8. The van der Waals surface area contributed by atoms with Gasteiger partial charge in [0.1, 0.15) is 17.1 Å². The average molecular weight is 284 g/mol. The lowest BCUT2D eigenvalue weighted by Gasteiger charge is -2.03. The first kappa shape index (κ1) is 13.4. The predicted octanol–water partition coefficient (Wildman–Crippen LogP) is 4.03. The smallest absolute Gasteiger partial charge is 0.315 e. The van der Waals surface area contributed by atoms with E-state index in [1.54, 1.807) is 6.26 Å². The Labute approximate surface area is 120 Å². The van der Waals surface area contributed by atoms with Crippen LogP contribution < -0.4 is 4.74 Å². The minimum Gasteiger partial charge on any atom is -0.464 e. The van der Waals surface area contributed by atoms with Crippen molar-refractivity contribution in [2.75, 3.05) is 0 Å². The molecule has 0 aliphatic rings. The molecule has 0 radical (unpaired) electrons. The molecular formula is C17H13FO3. The molecule has 4 heteroatoms. The van der Waals surface area contributed by atoms with Gasteiger partial charge in [-0.25, -0.2) is 4.39 Å². The number of hydrogen-bond acceptors (Lipinski definition) is 3. The predicted molar refractivity (Wildman–Crippen MR) is 76.7 cm³/mol. The SMILES string of the molecule is Cc1ccc2occ(CC(=O)Oc3ccc(F)cc3)c2c1. The summed E-state index contributed by atoms with van der Waals surface area (Å²) in [5.74, 6) is -0.456. The molecule has 0 aliphatic carbocycles. The number of benzene rings is 2. The van der Waals surface area contributed by atoms with E-state index in [9.17, 15) is 9.18 Å². The molecular weight excluding hydrogens is 271 g/mol. The van der Waals surface area contributed by atoms with Crippen molar-refractivity contribution < 1.29 is 18.3 Å². The molecule has 0 unspecified atom stereocenters. The van der Waals surface area contributed by atoms with E-state index in [0.29, 0.717) is 5.75 Å². The largest absolute Gasteiger partial charge is 0.464 e. The van der Waals surface area contributed by atoms with E-state index in [-0.39, 0.29) is 12.2 Å². The summed E-state index contributed by atoms with van der Waals surface area (Å²) in [5, 5.41) is 0.908.